The minimum Gasteiger partial charge on any atom is -0.492 e. The van der Waals surface area contributed by atoms with Gasteiger partial charge in [0.05, 0.1) is 13.0 Å². The van der Waals surface area contributed by atoms with Crippen LogP contribution in [0, 0.1) is 0 Å². The van der Waals surface area contributed by atoms with E-state index in [1.807, 2.05) is 0 Å². The first-order valence-electron chi connectivity index (χ1n) is 6.48. The summed E-state index contributed by atoms with van der Waals surface area (Å²) >= 11 is 0. The highest BCUT2D eigenvalue weighted by molar-refractivity contribution is 5.70. The summed E-state index contributed by atoms with van der Waals surface area (Å²) in [4.78, 5) is 12.2. The van der Waals surface area contributed by atoms with Crippen molar-refractivity contribution in [2.24, 2.45) is 0 Å². The minimum absolute atomic E-state index is 0.0247. The zero-order valence-electron chi connectivity index (χ0n) is 11.0. The van der Waals surface area contributed by atoms with Crippen molar-refractivity contribution in [2.75, 3.05) is 26.2 Å². The van der Waals surface area contributed by atoms with Crippen LogP contribution in [0.4, 0.5) is 8.78 Å². The van der Waals surface area contributed by atoms with Gasteiger partial charge in [0.2, 0.25) is 0 Å². The molecule has 0 atom stereocenters. The lowest BCUT2D eigenvalue weighted by molar-refractivity contribution is -0.136. The maximum absolute atomic E-state index is 13.0. The molecule has 1 aromatic carbocycles. The summed E-state index contributed by atoms with van der Waals surface area (Å²) in [5, 5.41) is 8.64. The largest absolute Gasteiger partial charge is 0.492 e. The Hall–Kier alpha value is -1.69. The topological polar surface area (TPSA) is 49.8 Å². The fourth-order valence-corrected chi connectivity index (χ4v) is 2.17. The van der Waals surface area contributed by atoms with E-state index in [-0.39, 0.29) is 19.4 Å². The first-order valence-corrected chi connectivity index (χ1v) is 6.48. The Morgan fingerprint density at radius 2 is 2.05 bits per heavy atom. The van der Waals surface area contributed by atoms with Crippen molar-refractivity contribution in [3.8, 4) is 5.75 Å². The van der Waals surface area contributed by atoms with Crippen LogP contribution < -0.4 is 4.74 Å². The van der Waals surface area contributed by atoms with E-state index in [1.165, 1.54) is 0 Å². The lowest BCUT2D eigenvalue weighted by Crippen LogP contribution is -2.29. The molecule has 1 aromatic rings. The van der Waals surface area contributed by atoms with Crippen molar-refractivity contribution >= 4 is 5.97 Å². The number of rotatable bonds is 6. The summed E-state index contributed by atoms with van der Waals surface area (Å²) in [6.07, 6.45) is -0.111. The third kappa shape index (κ3) is 4.45. The van der Waals surface area contributed by atoms with Crippen LogP contribution in [0.5, 0.6) is 5.75 Å². The van der Waals surface area contributed by atoms with Crippen LogP contribution in [0.2, 0.25) is 0 Å². The number of nitrogens with zero attached hydrogens (tertiary/aromatic N) is 1. The average Bonchev–Trinajstić information content (AvgIpc) is 2.70. The van der Waals surface area contributed by atoms with Crippen molar-refractivity contribution in [1.29, 1.82) is 0 Å². The van der Waals surface area contributed by atoms with Crippen molar-refractivity contribution in [1.82, 2.24) is 4.90 Å². The summed E-state index contributed by atoms with van der Waals surface area (Å²) < 4.78 is 31.4. The van der Waals surface area contributed by atoms with Crippen LogP contribution in [0.3, 0.4) is 0 Å². The molecule has 1 aliphatic heterocycles. The summed E-state index contributed by atoms with van der Waals surface area (Å²) in [6, 6.07) is 6.76. The Balaban J connectivity index is 1.73. The van der Waals surface area contributed by atoms with E-state index in [2.05, 4.69) is 0 Å². The molecular weight excluding hydrogens is 268 g/mol. The first-order chi connectivity index (χ1) is 9.44. The van der Waals surface area contributed by atoms with Crippen LogP contribution in [0.15, 0.2) is 24.3 Å². The third-order valence-electron chi connectivity index (χ3n) is 3.20. The normalized spacial score (nSPS) is 18.1. The molecule has 2 rings (SSSR count). The standard InChI is InChI=1S/C14H17F2NO3/c15-14(16)5-6-17(10-14)7-8-20-12-3-1-11(2-4-12)9-13(18)19/h1-4H,5-10H2,(H,18,19). The Labute approximate surface area is 116 Å². The predicted octanol–water partition coefficient (Wildman–Crippen LogP) is 2.03. The number of hydrogen-bond donors (Lipinski definition) is 1. The van der Waals surface area contributed by atoms with E-state index in [9.17, 15) is 13.6 Å². The average molecular weight is 285 g/mol. The van der Waals surface area contributed by atoms with Gasteiger partial charge in [0.25, 0.3) is 5.92 Å². The highest BCUT2D eigenvalue weighted by atomic mass is 19.3. The van der Waals surface area contributed by atoms with Gasteiger partial charge in [0.1, 0.15) is 12.4 Å². The molecule has 1 heterocycles. The quantitative estimate of drug-likeness (QED) is 0.869. The number of alkyl halides is 2. The molecule has 20 heavy (non-hydrogen) atoms. The highest BCUT2D eigenvalue weighted by Gasteiger charge is 2.37. The van der Waals surface area contributed by atoms with Crippen LogP contribution in [-0.2, 0) is 11.2 Å². The molecule has 0 radical (unpaired) electrons. The Morgan fingerprint density at radius 3 is 2.60 bits per heavy atom. The number of carboxylic acids is 1. The van der Waals surface area contributed by atoms with Gasteiger partial charge in [0, 0.05) is 19.5 Å². The first kappa shape index (κ1) is 14.7. The fraction of sp³-hybridized carbons (Fsp3) is 0.500. The number of carbonyl (C=O) groups is 1. The zero-order chi connectivity index (χ0) is 14.6. The smallest absolute Gasteiger partial charge is 0.307 e. The van der Waals surface area contributed by atoms with Gasteiger partial charge in [-0.2, -0.15) is 0 Å². The maximum atomic E-state index is 13.0. The molecule has 0 aliphatic carbocycles. The number of ether oxygens (including phenoxy) is 1. The molecule has 1 saturated heterocycles. The molecule has 1 fully saturated rings. The lowest BCUT2D eigenvalue weighted by Gasteiger charge is -2.15. The van der Waals surface area contributed by atoms with Gasteiger partial charge in [-0.05, 0) is 17.7 Å². The highest BCUT2D eigenvalue weighted by Crippen LogP contribution is 2.26. The van der Waals surface area contributed by atoms with E-state index < -0.39 is 11.9 Å². The van der Waals surface area contributed by atoms with Gasteiger partial charge in [-0.1, -0.05) is 12.1 Å². The number of likely N-dealkylation sites (tertiary alicyclic amines) is 1. The molecule has 6 heteroatoms. The lowest BCUT2D eigenvalue weighted by atomic mass is 10.1. The van der Waals surface area contributed by atoms with Crippen LogP contribution >= 0.6 is 0 Å². The second-order valence-corrected chi connectivity index (χ2v) is 4.95. The number of hydrogen-bond acceptors (Lipinski definition) is 3. The summed E-state index contributed by atoms with van der Waals surface area (Å²) in [5.74, 6) is -2.84. The molecule has 110 valence electrons. The zero-order valence-corrected chi connectivity index (χ0v) is 11.0. The summed E-state index contributed by atoms with van der Waals surface area (Å²) in [7, 11) is 0. The van der Waals surface area contributed by atoms with Crippen LogP contribution in [-0.4, -0.2) is 48.1 Å². The van der Waals surface area contributed by atoms with E-state index in [0.717, 1.165) is 0 Å². The SMILES string of the molecule is O=C(O)Cc1ccc(OCCN2CCC(F)(F)C2)cc1. The molecule has 1 aliphatic rings. The van der Waals surface area contributed by atoms with Gasteiger partial charge in [0.15, 0.2) is 0 Å². The van der Waals surface area contributed by atoms with E-state index in [4.69, 9.17) is 9.84 Å². The molecular formula is C14H17F2NO3. The van der Waals surface area contributed by atoms with E-state index in [0.29, 0.717) is 31.0 Å². The van der Waals surface area contributed by atoms with Crippen molar-refractivity contribution in [2.45, 2.75) is 18.8 Å². The van der Waals surface area contributed by atoms with Gasteiger partial charge < -0.3 is 9.84 Å². The second kappa shape index (κ2) is 6.17. The minimum atomic E-state index is -2.57. The number of carboxylic acid groups (broad SMARTS) is 1. The van der Waals surface area contributed by atoms with Crippen molar-refractivity contribution in [3.05, 3.63) is 29.8 Å². The van der Waals surface area contributed by atoms with Gasteiger partial charge in [-0.15, -0.1) is 0 Å². The van der Waals surface area contributed by atoms with E-state index >= 15 is 0 Å². The van der Waals surface area contributed by atoms with Gasteiger partial charge in [-0.25, -0.2) is 8.78 Å². The number of aliphatic carboxylic acids is 1. The van der Waals surface area contributed by atoms with Crippen LogP contribution in [0.25, 0.3) is 0 Å². The maximum Gasteiger partial charge on any atom is 0.307 e. The molecule has 0 spiro atoms. The third-order valence-corrected chi connectivity index (χ3v) is 3.20. The monoisotopic (exact) mass is 285 g/mol. The molecule has 0 amide bonds. The van der Waals surface area contributed by atoms with E-state index in [1.54, 1.807) is 29.2 Å². The van der Waals surface area contributed by atoms with Gasteiger partial charge >= 0.3 is 5.97 Å². The fourth-order valence-electron chi connectivity index (χ4n) is 2.17. The Kier molecular flexibility index (Phi) is 4.54. The van der Waals surface area contributed by atoms with Crippen molar-refractivity contribution in [3.63, 3.8) is 0 Å². The van der Waals surface area contributed by atoms with Crippen molar-refractivity contribution < 1.29 is 23.4 Å². The van der Waals surface area contributed by atoms with Crippen LogP contribution in [0.1, 0.15) is 12.0 Å². The molecule has 4 nitrogen and oxygen atoms in total. The summed E-state index contributed by atoms with van der Waals surface area (Å²) in [5.41, 5.74) is 0.698. The summed E-state index contributed by atoms with van der Waals surface area (Å²) in [6.45, 7) is 1.00. The molecule has 0 unspecified atom stereocenters. The number of halogens is 2. The van der Waals surface area contributed by atoms with Gasteiger partial charge in [-0.3, -0.25) is 9.69 Å². The Morgan fingerprint density at radius 1 is 1.35 bits per heavy atom. The molecule has 1 N–H and O–H groups in total. The Bertz CT molecular complexity index is 462. The predicted molar refractivity (Wildman–Crippen MR) is 69.3 cm³/mol. The second-order valence-electron chi connectivity index (χ2n) is 4.95. The number of benzene rings is 1. The molecule has 0 aromatic heterocycles. The molecule has 0 saturated carbocycles. The molecule has 0 bridgehead atoms.